The van der Waals surface area contributed by atoms with E-state index in [1.165, 1.54) is 5.69 Å². The highest BCUT2D eigenvalue weighted by Crippen LogP contribution is 2.19. The van der Waals surface area contributed by atoms with Crippen molar-refractivity contribution in [1.29, 1.82) is 0 Å². The number of hydrogen-bond donors (Lipinski definition) is 1. The van der Waals surface area contributed by atoms with Crippen molar-refractivity contribution in [3.63, 3.8) is 0 Å². The van der Waals surface area contributed by atoms with Crippen LogP contribution in [0.25, 0.3) is 0 Å². The molecule has 1 heterocycles. The number of aryl methyl sites for hydroxylation is 1. The summed E-state index contributed by atoms with van der Waals surface area (Å²) >= 11 is 0. The highest BCUT2D eigenvalue weighted by atomic mass is 16.5. The molecule has 0 saturated carbocycles. The quantitative estimate of drug-likeness (QED) is 0.768. The van der Waals surface area contributed by atoms with Gasteiger partial charge in [-0.25, -0.2) is 4.98 Å². The first-order valence-electron chi connectivity index (χ1n) is 7.38. The van der Waals surface area contributed by atoms with Crippen LogP contribution in [0.4, 0.5) is 5.69 Å². The zero-order valence-electron chi connectivity index (χ0n) is 12.6. The van der Waals surface area contributed by atoms with Crippen LogP contribution in [0.15, 0.2) is 43.0 Å². The standard InChI is InChI=1S/C16H24N4O/c1-21-16-6-4-15(5-7-16)20(11-2-8-17)12-3-10-19-13-9-18-14-19/h4-7,9,13-14H,2-3,8,10-12,17H2,1H3. The van der Waals surface area contributed by atoms with Gasteiger partial charge in [-0.05, 0) is 43.7 Å². The molecule has 0 bridgehead atoms. The topological polar surface area (TPSA) is 56.3 Å². The first-order valence-corrected chi connectivity index (χ1v) is 7.38. The molecular formula is C16H24N4O. The summed E-state index contributed by atoms with van der Waals surface area (Å²) < 4.78 is 7.32. The SMILES string of the molecule is COc1ccc(N(CCCN)CCCn2ccnc2)cc1. The maximum Gasteiger partial charge on any atom is 0.119 e. The lowest BCUT2D eigenvalue weighted by molar-refractivity contribution is 0.415. The summed E-state index contributed by atoms with van der Waals surface area (Å²) in [6.07, 6.45) is 7.74. The van der Waals surface area contributed by atoms with Crippen LogP contribution in [0.2, 0.25) is 0 Å². The van der Waals surface area contributed by atoms with Gasteiger partial charge in [-0.2, -0.15) is 0 Å². The first-order chi connectivity index (χ1) is 10.3. The lowest BCUT2D eigenvalue weighted by atomic mass is 10.2. The van der Waals surface area contributed by atoms with Crippen LogP contribution in [0, 0.1) is 0 Å². The molecule has 0 atom stereocenters. The molecule has 1 aromatic heterocycles. The third kappa shape index (κ3) is 4.79. The molecule has 2 aromatic rings. The molecule has 0 spiro atoms. The monoisotopic (exact) mass is 288 g/mol. The van der Waals surface area contributed by atoms with Crippen LogP contribution in [0.1, 0.15) is 12.8 Å². The van der Waals surface area contributed by atoms with Gasteiger partial charge in [0.05, 0.1) is 13.4 Å². The number of benzene rings is 1. The van der Waals surface area contributed by atoms with Gasteiger partial charge in [0.25, 0.3) is 0 Å². The smallest absolute Gasteiger partial charge is 0.119 e. The number of methoxy groups -OCH3 is 1. The Morgan fingerprint density at radius 3 is 2.57 bits per heavy atom. The van der Waals surface area contributed by atoms with Gasteiger partial charge >= 0.3 is 0 Å². The van der Waals surface area contributed by atoms with Gasteiger partial charge in [0.15, 0.2) is 0 Å². The Kier molecular flexibility index (Phi) is 6.09. The van der Waals surface area contributed by atoms with Crippen molar-refractivity contribution in [2.75, 3.05) is 31.6 Å². The second kappa shape index (κ2) is 8.32. The number of hydrogen-bond acceptors (Lipinski definition) is 4. The lowest BCUT2D eigenvalue weighted by Crippen LogP contribution is -2.27. The summed E-state index contributed by atoms with van der Waals surface area (Å²) in [7, 11) is 1.69. The van der Waals surface area contributed by atoms with E-state index >= 15 is 0 Å². The van der Waals surface area contributed by atoms with Crippen molar-refractivity contribution in [3.8, 4) is 5.75 Å². The van der Waals surface area contributed by atoms with Crippen molar-refractivity contribution in [3.05, 3.63) is 43.0 Å². The molecule has 0 amide bonds. The Hall–Kier alpha value is -2.01. The minimum absolute atomic E-state index is 0.716. The van der Waals surface area contributed by atoms with E-state index in [-0.39, 0.29) is 0 Å². The number of aromatic nitrogens is 2. The normalized spacial score (nSPS) is 10.6. The molecule has 0 fully saturated rings. The molecule has 0 aliphatic heterocycles. The second-order valence-electron chi connectivity index (χ2n) is 4.98. The third-order valence-corrected chi connectivity index (χ3v) is 3.47. The number of ether oxygens (including phenoxy) is 1. The Bertz CT molecular complexity index is 496. The molecule has 1 aromatic carbocycles. The molecule has 0 aliphatic rings. The summed E-state index contributed by atoms with van der Waals surface area (Å²) in [4.78, 5) is 6.44. The zero-order valence-corrected chi connectivity index (χ0v) is 12.6. The van der Waals surface area contributed by atoms with Crippen molar-refractivity contribution >= 4 is 5.69 Å². The van der Waals surface area contributed by atoms with Crippen LogP contribution < -0.4 is 15.4 Å². The molecule has 2 rings (SSSR count). The molecule has 2 N–H and O–H groups in total. The molecule has 0 unspecified atom stereocenters. The van der Waals surface area contributed by atoms with Crippen LogP contribution >= 0.6 is 0 Å². The molecule has 5 heteroatoms. The predicted molar refractivity (Wildman–Crippen MR) is 85.7 cm³/mol. The minimum atomic E-state index is 0.716. The third-order valence-electron chi connectivity index (χ3n) is 3.47. The van der Waals surface area contributed by atoms with Gasteiger partial charge in [0.1, 0.15) is 5.75 Å². The fourth-order valence-electron chi connectivity index (χ4n) is 2.31. The molecule has 0 saturated heterocycles. The zero-order chi connectivity index (χ0) is 14.9. The van der Waals surface area contributed by atoms with Gasteiger partial charge < -0.3 is 19.9 Å². The van der Waals surface area contributed by atoms with Gasteiger partial charge in [-0.3, -0.25) is 0 Å². The Morgan fingerprint density at radius 1 is 1.19 bits per heavy atom. The van der Waals surface area contributed by atoms with E-state index in [9.17, 15) is 0 Å². The highest BCUT2D eigenvalue weighted by molar-refractivity contribution is 5.49. The van der Waals surface area contributed by atoms with Crippen molar-refractivity contribution in [1.82, 2.24) is 9.55 Å². The fraction of sp³-hybridized carbons (Fsp3) is 0.438. The molecule has 0 aliphatic carbocycles. The maximum absolute atomic E-state index is 5.65. The van der Waals surface area contributed by atoms with Gasteiger partial charge in [0, 0.05) is 37.7 Å². The van der Waals surface area contributed by atoms with E-state index < -0.39 is 0 Å². The summed E-state index contributed by atoms with van der Waals surface area (Å²) in [5.74, 6) is 0.885. The largest absolute Gasteiger partial charge is 0.497 e. The van der Waals surface area contributed by atoms with E-state index in [1.807, 2.05) is 30.9 Å². The number of rotatable bonds is 9. The van der Waals surface area contributed by atoms with Gasteiger partial charge in [0.2, 0.25) is 0 Å². The van der Waals surface area contributed by atoms with Crippen molar-refractivity contribution in [2.24, 2.45) is 5.73 Å². The first kappa shape index (κ1) is 15.4. The van der Waals surface area contributed by atoms with E-state index in [4.69, 9.17) is 10.5 Å². The molecule has 0 radical (unpaired) electrons. The summed E-state index contributed by atoms with van der Waals surface area (Å²) in [6, 6.07) is 8.21. The lowest BCUT2D eigenvalue weighted by Gasteiger charge is -2.25. The van der Waals surface area contributed by atoms with Crippen LogP contribution in [0.5, 0.6) is 5.75 Å². The molecule has 5 nitrogen and oxygen atoms in total. The van der Waals surface area contributed by atoms with Crippen LogP contribution in [-0.4, -0.2) is 36.3 Å². The Morgan fingerprint density at radius 2 is 1.95 bits per heavy atom. The van der Waals surface area contributed by atoms with Gasteiger partial charge in [-0.1, -0.05) is 0 Å². The van der Waals surface area contributed by atoms with Gasteiger partial charge in [-0.15, -0.1) is 0 Å². The number of nitrogens with zero attached hydrogens (tertiary/aromatic N) is 3. The second-order valence-corrected chi connectivity index (χ2v) is 4.98. The van der Waals surface area contributed by atoms with Crippen molar-refractivity contribution < 1.29 is 4.74 Å². The molecule has 21 heavy (non-hydrogen) atoms. The van der Waals surface area contributed by atoms with E-state index in [0.717, 1.165) is 38.2 Å². The Labute approximate surface area is 126 Å². The highest BCUT2D eigenvalue weighted by Gasteiger charge is 2.06. The summed E-state index contributed by atoms with van der Waals surface area (Å²) in [5.41, 5.74) is 6.86. The summed E-state index contributed by atoms with van der Waals surface area (Å²) in [6.45, 7) is 3.68. The average Bonchev–Trinajstić information content (AvgIpc) is 3.04. The number of nitrogens with two attached hydrogens (primary N) is 1. The van der Waals surface area contributed by atoms with E-state index in [0.29, 0.717) is 6.54 Å². The average molecular weight is 288 g/mol. The predicted octanol–water partition coefficient (Wildman–Crippen LogP) is 2.14. The number of imidazole rings is 1. The van der Waals surface area contributed by atoms with E-state index in [2.05, 4.69) is 26.6 Å². The summed E-state index contributed by atoms with van der Waals surface area (Å²) in [5, 5.41) is 0. The molecular weight excluding hydrogens is 264 g/mol. The van der Waals surface area contributed by atoms with E-state index in [1.54, 1.807) is 7.11 Å². The van der Waals surface area contributed by atoms with Crippen LogP contribution in [-0.2, 0) is 6.54 Å². The minimum Gasteiger partial charge on any atom is -0.497 e. The van der Waals surface area contributed by atoms with Crippen LogP contribution in [0.3, 0.4) is 0 Å². The maximum atomic E-state index is 5.65. The fourth-order valence-corrected chi connectivity index (χ4v) is 2.31. The Balaban J connectivity index is 1.92. The molecule has 114 valence electrons. The number of anilines is 1. The van der Waals surface area contributed by atoms with Crippen molar-refractivity contribution in [2.45, 2.75) is 19.4 Å².